The van der Waals surface area contributed by atoms with Gasteiger partial charge in [-0.05, 0) is 55.3 Å². The summed E-state index contributed by atoms with van der Waals surface area (Å²) in [6.07, 6.45) is 4.99. The minimum atomic E-state index is -0.132. The van der Waals surface area contributed by atoms with Crippen LogP contribution >= 0.6 is 11.6 Å². The monoisotopic (exact) mass is 408 g/mol. The van der Waals surface area contributed by atoms with E-state index in [9.17, 15) is 4.79 Å². The molecule has 0 aliphatic carbocycles. The lowest BCUT2D eigenvalue weighted by atomic mass is 10.1. The first-order chi connectivity index (χ1) is 14.1. The SMILES string of the molecule is C[C@@H](CCn1cccn1)NC(=O)c1ccc2nc(Cc3cccc(Cl)c3)oc2c1. The molecule has 0 radical (unpaired) electrons. The van der Waals surface area contributed by atoms with Crippen molar-refractivity contribution >= 4 is 28.6 Å². The molecule has 7 heteroatoms. The number of aryl methyl sites for hydroxylation is 1. The fourth-order valence-electron chi connectivity index (χ4n) is 3.15. The van der Waals surface area contributed by atoms with Gasteiger partial charge in [0.25, 0.3) is 5.91 Å². The van der Waals surface area contributed by atoms with Crippen LogP contribution in [-0.4, -0.2) is 26.7 Å². The molecular weight excluding hydrogens is 388 g/mol. The molecule has 0 fully saturated rings. The van der Waals surface area contributed by atoms with Crippen LogP contribution in [0.15, 0.2) is 65.3 Å². The molecule has 1 atom stereocenters. The van der Waals surface area contributed by atoms with E-state index in [4.69, 9.17) is 16.0 Å². The van der Waals surface area contributed by atoms with Crippen molar-refractivity contribution in [2.75, 3.05) is 0 Å². The van der Waals surface area contributed by atoms with Crippen LogP contribution in [-0.2, 0) is 13.0 Å². The van der Waals surface area contributed by atoms with E-state index in [1.54, 1.807) is 18.3 Å². The van der Waals surface area contributed by atoms with Gasteiger partial charge in [-0.25, -0.2) is 4.98 Å². The summed E-state index contributed by atoms with van der Waals surface area (Å²) in [6, 6.07) is 14.8. The molecule has 4 aromatic rings. The predicted octanol–water partition coefficient (Wildman–Crippen LogP) is 4.48. The predicted molar refractivity (Wildman–Crippen MR) is 112 cm³/mol. The Hall–Kier alpha value is -3.12. The second-order valence-corrected chi connectivity index (χ2v) is 7.47. The summed E-state index contributed by atoms with van der Waals surface area (Å²) in [5, 5.41) is 7.87. The summed E-state index contributed by atoms with van der Waals surface area (Å²) in [7, 11) is 0. The van der Waals surface area contributed by atoms with Crippen molar-refractivity contribution in [2.24, 2.45) is 0 Å². The standard InChI is InChI=1S/C22H21ClN4O2/c1-15(8-11-27-10-3-9-24-27)25-22(28)17-6-7-19-20(14-17)29-21(26-19)13-16-4-2-5-18(23)12-16/h2-7,9-10,12,14-15H,8,11,13H2,1H3,(H,25,28)/t15-/m0/s1. The Balaban J connectivity index is 1.41. The van der Waals surface area contributed by atoms with E-state index < -0.39 is 0 Å². The molecule has 2 heterocycles. The fourth-order valence-corrected chi connectivity index (χ4v) is 3.36. The number of rotatable bonds is 7. The summed E-state index contributed by atoms with van der Waals surface area (Å²) in [6.45, 7) is 2.74. The lowest BCUT2D eigenvalue weighted by Gasteiger charge is -2.13. The lowest BCUT2D eigenvalue weighted by Crippen LogP contribution is -2.33. The number of carbonyl (C=O) groups is 1. The highest BCUT2D eigenvalue weighted by molar-refractivity contribution is 6.30. The molecule has 1 N–H and O–H groups in total. The maximum absolute atomic E-state index is 12.6. The largest absolute Gasteiger partial charge is 0.440 e. The van der Waals surface area contributed by atoms with Crippen LogP contribution in [0.4, 0.5) is 0 Å². The number of aromatic nitrogens is 3. The molecule has 0 aliphatic rings. The van der Waals surface area contributed by atoms with E-state index in [-0.39, 0.29) is 11.9 Å². The zero-order valence-electron chi connectivity index (χ0n) is 16.0. The Bertz CT molecular complexity index is 1120. The topological polar surface area (TPSA) is 73.0 Å². The number of nitrogens with zero attached hydrogens (tertiary/aromatic N) is 3. The van der Waals surface area contributed by atoms with Gasteiger partial charge in [0, 0.05) is 42.0 Å². The molecule has 0 spiro atoms. The maximum Gasteiger partial charge on any atom is 0.251 e. The first-order valence-electron chi connectivity index (χ1n) is 9.49. The normalized spacial score (nSPS) is 12.2. The average Bonchev–Trinajstić information content (AvgIpc) is 3.35. The molecule has 148 valence electrons. The molecule has 29 heavy (non-hydrogen) atoms. The van der Waals surface area contributed by atoms with Crippen LogP contribution in [0.3, 0.4) is 0 Å². The van der Waals surface area contributed by atoms with Gasteiger partial charge in [-0.3, -0.25) is 9.48 Å². The van der Waals surface area contributed by atoms with Crippen LogP contribution < -0.4 is 5.32 Å². The Morgan fingerprint density at radius 3 is 2.93 bits per heavy atom. The quantitative estimate of drug-likeness (QED) is 0.489. The summed E-state index contributed by atoms with van der Waals surface area (Å²) in [5.41, 5.74) is 2.89. The molecule has 2 aromatic carbocycles. The highest BCUT2D eigenvalue weighted by Crippen LogP contribution is 2.21. The minimum absolute atomic E-state index is 0.0236. The third-order valence-corrected chi connectivity index (χ3v) is 4.90. The maximum atomic E-state index is 12.6. The van der Waals surface area contributed by atoms with E-state index in [2.05, 4.69) is 15.4 Å². The Morgan fingerprint density at radius 2 is 2.14 bits per heavy atom. The number of amides is 1. The van der Waals surface area contributed by atoms with Gasteiger partial charge in [0.15, 0.2) is 11.5 Å². The molecule has 0 saturated heterocycles. The molecular formula is C22H21ClN4O2. The lowest BCUT2D eigenvalue weighted by molar-refractivity contribution is 0.0937. The van der Waals surface area contributed by atoms with Crippen molar-refractivity contribution in [1.82, 2.24) is 20.1 Å². The molecule has 0 aliphatic heterocycles. The van der Waals surface area contributed by atoms with Gasteiger partial charge in [-0.1, -0.05) is 23.7 Å². The number of oxazole rings is 1. The highest BCUT2D eigenvalue weighted by atomic mass is 35.5. The van der Waals surface area contributed by atoms with Gasteiger partial charge in [-0.15, -0.1) is 0 Å². The minimum Gasteiger partial charge on any atom is -0.440 e. The van der Waals surface area contributed by atoms with Gasteiger partial charge < -0.3 is 9.73 Å². The Morgan fingerprint density at radius 1 is 1.24 bits per heavy atom. The second kappa shape index (κ2) is 8.49. The Kier molecular flexibility index (Phi) is 5.62. The van der Waals surface area contributed by atoms with Crippen molar-refractivity contribution in [1.29, 1.82) is 0 Å². The third-order valence-electron chi connectivity index (χ3n) is 4.67. The molecule has 0 unspecified atom stereocenters. The van der Waals surface area contributed by atoms with Crippen molar-refractivity contribution in [3.05, 3.63) is 83.0 Å². The molecule has 0 saturated carbocycles. The number of nitrogens with one attached hydrogen (secondary N) is 1. The van der Waals surface area contributed by atoms with Crippen molar-refractivity contribution < 1.29 is 9.21 Å². The van der Waals surface area contributed by atoms with Gasteiger partial charge >= 0.3 is 0 Å². The van der Waals surface area contributed by atoms with Crippen LogP contribution in [0.1, 0.15) is 35.2 Å². The van der Waals surface area contributed by atoms with Crippen molar-refractivity contribution in [3.8, 4) is 0 Å². The summed E-state index contributed by atoms with van der Waals surface area (Å²) in [5.74, 6) is 0.458. The van der Waals surface area contributed by atoms with Crippen LogP contribution in [0.2, 0.25) is 5.02 Å². The number of benzene rings is 2. The van der Waals surface area contributed by atoms with E-state index >= 15 is 0 Å². The second-order valence-electron chi connectivity index (χ2n) is 7.03. The van der Waals surface area contributed by atoms with E-state index in [0.29, 0.717) is 28.5 Å². The summed E-state index contributed by atoms with van der Waals surface area (Å²) < 4.78 is 7.71. The van der Waals surface area contributed by atoms with Gasteiger partial charge in [0.2, 0.25) is 0 Å². The number of halogens is 1. The van der Waals surface area contributed by atoms with Gasteiger partial charge in [0.05, 0.1) is 0 Å². The third kappa shape index (κ3) is 4.84. The van der Waals surface area contributed by atoms with Gasteiger partial charge in [0.1, 0.15) is 5.52 Å². The molecule has 1 amide bonds. The van der Waals surface area contributed by atoms with E-state index in [1.165, 1.54) is 0 Å². The Labute approximate surface area is 173 Å². The smallest absolute Gasteiger partial charge is 0.251 e. The zero-order chi connectivity index (χ0) is 20.2. The number of fused-ring (bicyclic) bond motifs is 1. The first kappa shape index (κ1) is 19.2. The highest BCUT2D eigenvalue weighted by Gasteiger charge is 2.13. The summed E-state index contributed by atoms with van der Waals surface area (Å²) in [4.78, 5) is 17.1. The molecule has 2 aromatic heterocycles. The number of carbonyl (C=O) groups excluding carboxylic acids is 1. The van der Waals surface area contributed by atoms with Crippen LogP contribution in [0.25, 0.3) is 11.1 Å². The average molecular weight is 409 g/mol. The zero-order valence-corrected chi connectivity index (χ0v) is 16.8. The fraction of sp³-hybridized carbons (Fsp3) is 0.227. The van der Waals surface area contributed by atoms with Crippen molar-refractivity contribution in [2.45, 2.75) is 32.4 Å². The van der Waals surface area contributed by atoms with Crippen LogP contribution in [0, 0.1) is 0 Å². The van der Waals surface area contributed by atoms with Crippen LogP contribution in [0.5, 0.6) is 0 Å². The summed E-state index contributed by atoms with van der Waals surface area (Å²) >= 11 is 6.04. The molecule has 6 nitrogen and oxygen atoms in total. The van der Waals surface area contributed by atoms with E-state index in [0.717, 1.165) is 24.0 Å². The van der Waals surface area contributed by atoms with Gasteiger partial charge in [-0.2, -0.15) is 5.10 Å². The van der Waals surface area contributed by atoms with E-state index in [1.807, 2.05) is 54.2 Å². The first-order valence-corrected chi connectivity index (χ1v) is 9.87. The number of hydrogen-bond donors (Lipinski definition) is 1. The molecule has 0 bridgehead atoms. The molecule has 4 rings (SSSR count). The number of hydrogen-bond acceptors (Lipinski definition) is 4. The van der Waals surface area contributed by atoms with Crippen molar-refractivity contribution in [3.63, 3.8) is 0 Å².